The zero-order valence-corrected chi connectivity index (χ0v) is 18.0. The van der Waals surface area contributed by atoms with Gasteiger partial charge in [-0.3, -0.25) is 0 Å². The van der Waals surface area contributed by atoms with Crippen LogP contribution in [0.3, 0.4) is 0 Å². The van der Waals surface area contributed by atoms with Crippen LogP contribution in [0.5, 0.6) is 0 Å². The van der Waals surface area contributed by atoms with Crippen LogP contribution in [0.4, 0.5) is 0 Å². The predicted molar refractivity (Wildman–Crippen MR) is 112 cm³/mol. The summed E-state index contributed by atoms with van der Waals surface area (Å²) in [5.41, 5.74) is 2.52. The molecule has 0 saturated carbocycles. The third-order valence-electron chi connectivity index (χ3n) is 3.47. The Morgan fingerprint density at radius 1 is 0.800 bits per heavy atom. The summed E-state index contributed by atoms with van der Waals surface area (Å²) in [5, 5.41) is 2.02. The first kappa shape index (κ1) is 22.0. The number of thioether (sulfide) groups is 2. The van der Waals surface area contributed by atoms with Gasteiger partial charge < -0.3 is 0 Å². The molecular weight excluding hydrogens is 346 g/mol. The number of aromatic nitrogens is 3. The normalized spacial score (nSPS) is 10.7. The van der Waals surface area contributed by atoms with Crippen LogP contribution in [-0.2, 0) is 0 Å². The molecule has 2 heterocycles. The van der Waals surface area contributed by atoms with Crippen LogP contribution in [0.25, 0.3) is 0 Å². The molecular formula is C20H31N3S2. The molecule has 0 N–H and O–H groups in total. The van der Waals surface area contributed by atoms with Gasteiger partial charge in [0, 0.05) is 24.3 Å². The molecule has 5 heteroatoms. The van der Waals surface area contributed by atoms with Crippen molar-refractivity contribution < 1.29 is 0 Å². The van der Waals surface area contributed by atoms with Crippen LogP contribution in [0, 0.1) is 0 Å². The van der Waals surface area contributed by atoms with E-state index in [-0.39, 0.29) is 0 Å². The van der Waals surface area contributed by atoms with Crippen molar-refractivity contribution >= 4 is 23.5 Å². The molecule has 0 unspecified atom stereocenters. The highest BCUT2D eigenvalue weighted by Gasteiger charge is 2.01. The minimum atomic E-state index is 0.519. The van der Waals surface area contributed by atoms with Crippen molar-refractivity contribution in [1.29, 1.82) is 0 Å². The first-order valence-corrected chi connectivity index (χ1v) is 11.0. The smallest absolute Gasteiger partial charge is 0.187 e. The number of hydrogen-bond donors (Lipinski definition) is 0. The summed E-state index contributed by atoms with van der Waals surface area (Å²) < 4.78 is 0. The molecule has 0 amide bonds. The molecule has 2 aromatic heterocycles. The van der Waals surface area contributed by atoms with E-state index in [9.17, 15) is 0 Å². The fraction of sp³-hybridized carbons (Fsp3) is 0.550. The van der Waals surface area contributed by atoms with Crippen LogP contribution >= 0.6 is 23.5 Å². The van der Waals surface area contributed by atoms with Crippen LogP contribution in [-0.4, -0.2) is 26.5 Å². The first-order chi connectivity index (χ1) is 12.0. The lowest BCUT2D eigenvalue weighted by Gasteiger charge is -2.04. The fourth-order valence-electron chi connectivity index (χ4n) is 1.86. The van der Waals surface area contributed by atoms with Gasteiger partial charge in [-0.25, -0.2) is 15.0 Å². The molecule has 0 fully saturated rings. The molecule has 0 radical (unpaired) electrons. The van der Waals surface area contributed by atoms with Gasteiger partial charge in [0.05, 0.1) is 5.03 Å². The average molecular weight is 378 g/mol. The Bertz CT molecular complexity index is 581. The van der Waals surface area contributed by atoms with Crippen LogP contribution in [0.2, 0.25) is 0 Å². The molecule has 0 atom stereocenters. The summed E-state index contributed by atoms with van der Waals surface area (Å²) in [6.07, 6.45) is 6.99. The molecule has 0 spiro atoms. The maximum Gasteiger partial charge on any atom is 0.187 e. The average Bonchev–Trinajstić information content (AvgIpc) is 2.61. The highest BCUT2D eigenvalue weighted by molar-refractivity contribution is 7.99. The Hall–Kier alpha value is -1.07. The van der Waals surface area contributed by atoms with Gasteiger partial charge in [-0.15, -0.1) is 11.8 Å². The largest absolute Gasteiger partial charge is 0.250 e. The van der Waals surface area contributed by atoms with Gasteiger partial charge in [-0.2, -0.15) is 0 Å². The lowest BCUT2D eigenvalue weighted by molar-refractivity contribution is 0.820. The van der Waals surface area contributed by atoms with Gasteiger partial charge in [0.1, 0.15) is 0 Å². The van der Waals surface area contributed by atoms with Crippen molar-refractivity contribution in [3.8, 4) is 0 Å². The van der Waals surface area contributed by atoms with Crippen LogP contribution in [0.15, 0.2) is 40.9 Å². The summed E-state index contributed by atoms with van der Waals surface area (Å²) in [6.45, 7) is 13.0. The second kappa shape index (κ2) is 12.3. The lowest BCUT2D eigenvalue weighted by Crippen LogP contribution is -1.93. The first-order valence-electron chi connectivity index (χ1n) is 9.01. The maximum absolute atomic E-state index is 4.35. The van der Waals surface area contributed by atoms with Gasteiger partial charge in [0.2, 0.25) is 0 Å². The number of nitrogens with zero attached hydrogens (tertiary/aromatic N) is 3. The Kier molecular flexibility index (Phi) is 10.8. The third-order valence-corrected chi connectivity index (χ3v) is 5.38. The highest BCUT2D eigenvalue weighted by Crippen LogP contribution is 2.18. The summed E-state index contributed by atoms with van der Waals surface area (Å²) >= 11 is 3.50. The van der Waals surface area contributed by atoms with E-state index >= 15 is 0 Å². The maximum atomic E-state index is 4.35. The van der Waals surface area contributed by atoms with E-state index in [0.29, 0.717) is 11.8 Å². The van der Waals surface area contributed by atoms with E-state index in [0.717, 1.165) is 21.7 Å². The predicted octanol–water partition coefficient (Wildman–Crippen LogP) is 6.42. The summed E-state index contributed by atoms with van der Waals surface area (Å²) in [7, 11) is 0. The fourth-order valence-corrected chi connectivity index (χ4v) is 3.09. The monoisotopic (exact) mass is 377 g/mol. The zero-order valence-electron chi connectivity index (χ0n) is 16.3. The van der Waals surface area contributed by atoms with Crippen molar-refractivity contribution in [3.05, 3.63) is 41.9 Å². The number of hydrogen-bond acceptors (Lipinski definition) is 5. The Labute approximate surface area is 161 Å². The van der Waals surface area contributed by atoms with E-state index in [1.54, 1.807) is 23.5 Å². The molecule has 138 valence electrons. The standard InChI is InChI=1S/C10H16N2S.C10H15NS/c1-4-5-13-10-11-6-9(7-12-10)8(2)3;1-4-12-10-6-5-9(7-11-10)8(2)3/h6-8H,4-5H2,1-3H3;5-8H,4H2,1-3H3. The van der Waals surface area contributed by atoms with E-state index in [2.05, 4.69) is 68.6 Å². The van der Waals surface area contributed by atoms with Crippen molar-refractivity contribution in [2.24, 2.45) is 0 Å². The van der Waals surface area contributed by atoms with Crippen molar-refractivity contribution in [2.75, 3.05) is 11.5 Å². The van der Waals surface area contributed by atoms with Crippen molar-refractivity contribution in [2.45, 2.75) is 70.0 Å². The Morgan fingerprint density at radius 3 is 1.84 bits per heavy atom. The SMILES string of the molecule is CCCSc1ncc(C(C)C)cn1.CCSc1ccc(C(C)C)cn1. The molecule has 0 saturated heterocycles. The third kappa shape index (κ3) is 8.73. The van der Waals surface area contributed by atoms with Crippen molar-refractivity contribution in [1.82, 2.24) is 15.0 Å². The molecule has 0 aliphatic rings. The lowest BCUT2D eigenvalue weighted by atomic mass is 10.1. The Balaban J connectivity index is 0.000000251. The van der Waals surface area contributed by atoms with E-state index < -0.39 is 0 Å². The van der Waals surface area contributed by atoms with Crippen LogP contribution in [0.1, 0.15) is 70.9 Å². The van der Waals surface area contributed by atoms with Gasteiger partial charge in [-0.05, 0) is 41.2 Å². The summed E-state index contributed by atoms with van der Waals surface area (Å²) in [6, 6.07) is 4.26. The number of rotatable bonds is 7. The topological polar surface area (TPSA) is 38.7 Å². The molecule has 2 aromatic rings. The molecule has 0 aliphatic heterocycles. The van der Waals surface area contributed by atoms with E-state index in [4.69, 9.17) is 0 Å². The van der Waals surface area contributed by atoms with E-state index in [1.807, 2.05) is 18.6 Å². The number of pyridine rings is 1. The van der Waals surface area contributed by atoms with Gasteiger partial charge in [-0.1, -0.05) is 59.4 Å². The van der Waals surface area contributed by atoms with E-state index in [1.165, 1.54) is 17.5 Å². The summed E-state index contributed by atoms with van der Waals surface area (Å²) in [4.78, 5) is 12.9. The molecule has 0 aliphatic carbocycles. The van der Waals surface area contributed by atoms with Crippen LogP contribution < -0.4 is 0 Å². The van der Waals surface area contributed by atoms with Gasteiger partial charge in [0.25, 0.3) is 0 Å². The molecule has 0 bridgehead atoms. The summed E-state index contributed by atoms with van der Waals surface area (Å²) in [5.74, 6) is 3.29. The van der Waals surface area contributed by atoms with Crippen molar-refractivity contribution in [3.63, 3.8) is 0 Å². The van der Waals surface area contributed by atoms with Gasteiger partial charge >= 0.3 is 0 Å². The second-order valence-corrected chi connectivity index (χ2v) is 8.67. The molecule has 25 heavy (non-hydrogen) atoms. The van der Waals surface area contributed by atoms with Gasteiger partial charge in [0.15, 0.2) is 5.16 Å². The minimum Gasteiger partial charge on any atom is -0.250 e. The molecule has 0 aromatic carbocycles. The highest BCUT2D eigenvalue weighted by atomic mass is 32.2. The molecule has 3 nitrogen and oxygen atoms in total. The molecule has 2 rings (SSSR count). The minimum absolute atomic E-state index is 0.519. The second-order valence-electron chi connectivity index (χ2n) is 6.32. The quantitative estimate of drug-likeness (QED) is 0.411. The Morgan fingerprint density at radius 2 is 1.40 bits per heavy atom. The zero-order chi connectivity index (χ0) is 18.7.